The largest absolute Gasteiger partial charge is 0.479 e. The molecular weight excluding hydrogens is 422 g/mol. The average molecular weight is 450 g/mol. The molecule has 0 radical (unpaired) electrons. The second-order valence-electron chi connectivity index (χ2n) is 8.33. The molecule has 0 bridgehead atoms. The summed E-state index contributed by atoms with van der Waals surface area (Å²) in [5, 5.41) is 3.98. The number of hydrogen-bond donors (Lipinski definition) is 1. The maximum Gasteiger partial charge on any atom is 0.268 e. The van der Waals surface area contributed by atoms with Crippen LogP contribution in [-0.2, 0) is 9.59 Å². The van der Waals surface area contributed by atoms with Crippen LogP contribution in [0.15, 0.2) is 30.3 Å². The van der Waals surface area contributed by atoms with Crippen molar-refractivity contribution in [2.24, 2.45) is 0 Å². The van der Waals surface area contributed by atoms with Gasteiger partial charge in [-0.15, -0.1) is 11.3 Å². The molecule has 3 aromatic rings. The van der Waals surface area contributed by atoms with Crippen molar-refractivity contribution < 1.29 is 14.3 Å². The van der Waals surface area contributed by atoms with Crippen LogP contribution in [0, 0.1) is 34.6 Å². The van der Waals surface area contributed by atoms with Gasteiger partial charge in [-0.25, -0.2) is 4.98 Å². The minimum Gasteiger partial charge on any atom is -0.479 e. The van der Waals surface area contributed by atoms with Crippen LogP contribution in [0.3, 0.4) is 0 Å². The third-order valence-electron chi connectivity index (χ3n) is 5.59. The number of hydrogen-bond acceptors (Lipinski definition) is 5. The molecule has 1 aliphatic heterocycles. The number of anilines is 2. The predicted molar refractivity (Wildman–Crippen MR) is 129 cm³/mol. The molecule has 1 N–H and O–H groups in total. The van der Waals surface area contributed by atoms with Gasteiger partial charge in [0.2, 0.25) is 5.91 Å². The number of nitrogens with one attached hydrogen (secondary N) is 1. The highest BCUT2D eigenvalue weighted by Gasteiger charge is 2.33. The van der Waals surface area contributed by atoms with Gasteiger partial charge in [0.05, 0.1) is 16.4 Å². The molecule has 0 saturated carbocycles. The molecule has 2 heterocycles. The predicted octanol–water partition coefficient (Wildman–Crippen LogP) is 5.10. The Morgan fingerprint density at radius 2 is 1.81 bits per heavy atom. The van der Waals surface area contributed by atoms with Crippen molar-refractivity contribution in [3.05, 3.63) is 56.9 Å². The molecule has 0 fully saturated rings. The lowest BCUT2D eigenvalue weighted by molar-refractivity contribution is -0.127. The van der Waals surface area contributed by atoms with E-state index < -0.39 is 6.10 Å². The van der Waals surface area contributed by atoms with E-state index in [0.29, 0.717) is 11.4 Å². The van der Waals surface area contributed by atoms with Gasteiger partial charge in [0.1, 0.15) is 12.3 Å². The molecule has 2 aromatic carbocycles. The number of aromatic nitrogens is 1. The normalized spacial score (nSPS) is 15.4. The lowest BCUT2D eigenvalue weighted by Gasteiger charge is -2.33. The summed E-state index contributed by atoms with van der Waals surface area (Å²) in [4.78, 5) is 33.2. The number of ether oxygens (including phenoxy) is 1. The summed E-state index contributed by atoms with van der Waals surface area (Å²) in [6.45, 7) is 11.6. The van der Waals surface area contributed by atoms with E-state index in [1.807, 2.05) is 65.0 Å². The van der Waals surface area contributed by atoms with Crippen molar-refractivity contribution in [2.45, 2.75) is 47.6 Å². The first kappa shape index (κ1) is 22.0. The summed E-state index contributed by atoms with van der Waals surface area (Å²) in [6.07, 6.45) is -0.660. The van der Waals surface area contributed by atoms with Crippen molar-refractivity contribution in [1.29, 1.82) is 0 Å². The third-order valence-corrected chi connectivity index (χ3v) is 6.47. The van der Waals surface area contributed by atoms with E-state index in [4.69, 9.17) is 4.74 Å². The highest BCUT2D eigenvalue weighted by molar-refractivity contribution is 7.11. The second-order valence-corrected chi connectivity index (χ2v) is 9.73. The van der Waals surface area contributed by atoms with Crippen molar-refractivity contribution >= 4 is 34.5 Å². The van der Waals surface area contributed by atoms with E-state index in [0.717, 1.165) is 43.5 Å². The molecule has 166 valence electrons. The van der Waals surface area contributed by atoms with Crippen LogP contribution in [0.5, 0.6) is 5.75 Å². The Kier molecular flexibility index (Phi) is 5.77. The van der Waals surface area contributed by atoms with E-state index in [-0.39, 0.29) is 18.4 Å². The molecule has 1 unspecified atom stereocenters. The SMILES string of the molecule is Cc1cc(C)c(NC(=O)CN2C(=O)C(C)Oc3ccc(-c4nc(C)sc4C)cc32)c(C)c1. The standard InChI is InChI=1S/C25H27N3O3S/c1-13-9-14(2)23(15(3)10-13)27-22(29)12-28-20-11-19(24-17(5)32-18(6)26-24)7-8-21(20)31-16(4)25(28)30/h7-11,16H,12H2,1-6H3,(H,27,29). The molecule has 1 aliphatic rings. The molecule has 4 rings (SSSR count). The first-order chi connectivity index (χ1) is 15.1. The van der Waals surface area contributed by atoms with E-state index in [9.17, 15) is 9.59 Å². The van der Waals surface area contributed by atoms with E-state index in [1.54, 1.807) is 18.3 Å². The van der Waals surface area contributed by atoms with Crippen molar-refractivity contribution in [1.82, 2.24) is 4.98 Å². The first-order valence-electron chi connectivity index (χ1n) is 10.6. The molecule has 7 heteroatoms. The van der Waals surface area contributed by atoms with Crippen LogP contribution in [0.1, 0.15) is 33.5 Å². The van der Waals surface area contributed by atoms with Gasteiger partial charge in [-0.1, -0.05) is 17.7 Å². The van der Waals surface area contributed by atoms with Gasteiger partial charge >= 0.3 is 0 Å². The van der Waals surface area contributed by atoms with Gasteiger partial charge in [0, 0.05) is 16.1 Å². The fourth-order valence-electron chi connectivity index (χ4n) is 4.21. The zero-order valence-electron chi connectivity index (χ0n) is 19.2. The maximum absolute atomic E-state index is 13.0. The molecule has 0 spiro atoms. The summed E-state index contributed by atoms with van der Waals surface area (Å²) < 4.78 is 5.81. The molecule has 6 nitrogen and oxygen atoms in total. The number of benzene rings is 2. The topological polar surface area (TPSA) is 71.5 Å². The summed E-state index contributed by atoms with van der Waals surface area (Å²) in [6, 6.07) is 9.74. The summed E-state index contributed by atoms with van der Waals surface area (Å²) in [7, 11) is 0. The van der Waals surface area contributed by atoms with Gasteiger partial charge in [-0.2, -0.15) is 0 Å². The van der Waals surface area contributed by atoms with Crippen molar-refractivity contribution in [2.75, 3.05) is 16.8 Å². The minimum atomic E-state index is -0.660. The molecule has 1 atom stereocenters. The third kappa shape index (κ3) is 4.12. The zero-order valence-corrected chi connectivity index (χ0v) is 20.0. The maximum atomic E-state index is 13.0. The lowest BCUT2D eigenvalue weighted by Crippen LogP contribution is -2.47. The quantitative estimate of drug-likeness (QED) is 0.601. The molecule has 1 aromatic heterocycles. The minimum absolute atomic E-state index is 0.0924. The lowest BCUT2D eigenvalue weighted by atomic mass is 10.0. The van der Waals surface area contributed by atoms with Crippen molar-refractivity contribution in [3.63, 3.8) is 0 Å². The van der Waals surface area contributed by atoms with Gasteiger partial charge in [-0.05, 0) is 70.9 Å². The fourth-order valence-corrected chi connectivity index (χ4v) is 5.05. The van der Waals surface area contributed by atoms with Crippen molar-refractivity contribution in [3.8, 4) is 17.0 Å². The molecule has 0 saturated heterocycles. The number of rotatable bonds is 4. The van der Waals surface area contributed by atoms with Gasteiger partial charge in [-0.3, -0.25) is 14.5 Å². The van der Waals surface area contributed by atoms with Crippen LogP contribution in [-0.4, -0.2) is 29.4 Å². The summed E-state index contributed by atoms with van der Waals surface area (Å²) in [5.41, 5.74) is 6.29. The Hall–Kier alpha value is -3.19. The number of carbonyl (C=O) groups is 2. The number of carbonyl (C=O) groups excluding carboxylic acids is 2. The van der Waals surface area contributed by atoms with E-state index >= 15 is 0 Å². The first-order valence-corrected chi connectivity index (χ1v) is 11.4. The number of fused-ring (bicyclic) bond motifs is 1. The van der Waals surface area contributed by atoms with Gasteiger partial charge < -0.3 is 10.1 Å². The Labute approximate surface area is 192 Å². The molecular formula is C25H27N3O3S. The fraction of sp³-hybridized carbons (Fsp3) is 0.320. The molecule has 0 aliphatic carbocycles. The Bertz CT molecular complexity index is 1210. The van der Waals surface area contributed by atoms with Crippen LogP contribution in [0.4, 0.5) is 11.4 Å². The Morgan fingerprint density at radius 3 is 2.44 bits per heavy atom. The monoisotopic (exact) mass is 449 g/mol. The average Bonchev–Trinajstić information content (AvgIpc) is 3.06. The summed E-state index contributed by atoms with van der Waals surface area (Å²) >= 11 is 1.63. The number of amides is 2. The van der Waals surface area contributed by atoms with E-state index in [2.05, 4.69) is 10.3 Å². The van der Waals surface area contributed by atoms with Crippen LogP contribution in [0.25, 0.3) is 11.3 Å². The van der Waals surface area contributed by atoms with Crippen LogP contribution >= 0.6 is 11.3 Å². The molecule has 32 heavy (non-hydrogen) atoms. The number of nitrogens with zero attached hydrogens (tertiary/aromatic N) is 2. The van der Waals surface area contributed by atoms with Crippen LogP contribution < -0.4 is 15.0 Å². The van der Waals surface area contributed by atoms with Gasteiger partial charge in [0.25, 0.3) is 5.91 Å². The molecule has 2 amide bonds. The highest BCUT2D eigenvalue weighted by Crippen LogP contribution is 2.38. The van der Waals surface area contributed by atoms with Crippen LogP contribution in [0.2, 0.25) is 0 Å². The highest BCUT2D eigenvalue weighted by atomic mass is 32.1. The van der Waals surface area contributed by atoms with E-state index in [1.165, 1.54) is 4.90 Å². The Balaban J connectivity index is 1.66. The van der Waals surface area contributed by atoms with Gasteiger partial charge in [0.15, 0.2) is 6.10 Å². The summed E-state index contributed by atoms with van der Waals surface area (Å²) in [5.74, 6) is 0.0915. The number of thiazole rings is 1. The second kappa shape index (κ2) is 8.39. The Morgan fingerprint density at radius 1 is 1.12 bits per heavy atom. The smallest absolute Gasteiger partial charge is 0.268 e. The zero-order chi connectivity index (χ0) is 23.2. The number of aryl methyl sites for hydroxylation is 5.